The zero-order chi connectivity index (χ0) is 12.3. The molecule has 2 nitrogen and oxygen atoms in total. The molecule has 3 atom stereocenters. The van der Waals surface area contributed by atoms with Crippen molar-refractivity contribution < 1.29 is 4.74 Å². The van der Waals surface area contributed by atoms with E-state index in [4.69, 9.17) is 10.5 Å². The van der Waals surface area contributed by atoms with Gasteiger partial charge in [0.25, 0.3) is 0 Å². The Bertz CT molecular complexity index is 346. The van der Waals surface area contributed by atoms with Crippen LogP contribution in [-0.4, -0.2) is 18.8 Å². The molecule has 0 saturated carbocycles. The summed E-state index contributed by atoms with van der Waals surface area (Å²) in [5.74, 6) is 0.515. The first-order valence-electron chi connectivity index (χ1n) is 6.65. The third-order valence-electron chi connectivity index (χ3n) is 3.89. The Balaban J connectivity index is 1.95. The molecule has 1 aliphatic heterocycles. The van der Waals surface area contributed by atoms with E-state index in [0.717, 1.165) is 25.9 Å². The summed E-state index contributed by atoms with van der Waals surface area (Å²) < 4.78 is 5.58. The van der Waals surface area contributed by atoms with E-state index in [2.05, 4.69) is 38.1 Å². The fourth-order valence-electron chi connectivity index (χ4n) is 2.65. The minimum absolute atomic E-state index is 0.222. The lowest BCUT2D eigenvalue weighted by atomic mass is 9.89. The van der Waals surface area contributed by atoms with E-state index in [1.165, 1.54) is 11.1 Å². The smallest absolute Gasteiger partial charge is 0.0590 e. The lowest BCUT2D eigenvalue weighted by Gasteiger charge is -2.22. The van der Waals surface area contributed by atoms with Crippen LogP contribution < -0.4 is 5.73 Å². The van der Waals surface area contributed by atoms with E-state index < -0.39 is 0 Å². The molecule has 1 aromatic rings. The van der Waals surface area contributed by atoms with E-state index in [9.17, 15) is 0 Å². The number of hydrogen-bond donors (Lipinski definition) is 1. The van der Waals surface area contributed by atoms with E-state index in [-0.39, 0.29) is 6.04 Å². The Morgan fingerprint density at radius 2 is 1.94 bits per heavy atom. The van der Waals surface area contributed by atoms with Crippen LogP contribution in [0.4, 0.5) is 0 Å². The number of benzene rings is 1. The van der Waals surface area contributed by atoms with Gasteiger partial charge in [-0.3, -0.25) is 0 Å². The van der Waals surface area contributed by atoms with Crippen LogP contribution in [0.5, 0.6) is 0 Å². The van der Waals surface area contributed by atoms with Gasteiger partial charge in [-0.05, 0) is 37.3 Å². The molecule has 1 aromatic carbocycles. The largest absolute Gasteiger partial charge is 0.378 e. The van der Waals surface area contributed by atoms with Gasteiger partial charge in [0.05, 0.1) is 6.10 Å². The summed E-state index contributed by atoms with van der Waals surface area (Å²) in [5, 5.41) is 0. The van der Waals surface area contributed by atoms with Crippen molar-refractivity contribution in [1.29, 1.82) is 0 Å². The normalized spacial score (nSPS) is 26.1. The summed E-state index contributed by atoms with van der Waals surface area (Å²) in [5.41, 5.74) is 9.02. The first kappa shape index (κ1) is 12.6. The Morgan fingerprint density at radius 3 is 2.47 bits per heavy atom. The van der Waals surface area contributed by atoms with Gasteiger partial charge in [-0.2, -0.15) is 0 Å². The van der Waals surface area contributed by atoms with Gasteiger partial charge in [0, 0.05) is 18.6 Å². The average molecular weight is 233 g/mol. The number of nitrogens with two attached hydrogens (primary N) is 1. The Hall–Kier alpha value is -0.860. The van der Waals surface area contributed by atoms with Crippen molar-refractivity contribution in [2.75, 3.05) is 6.61 Å². The fourth-order valence-corrected chi connectivity index (χ4v) is 2.65. The van der Waals surface area contributed by atoms with Crippen LogP contribution in [0.15, 0.2) is 24.3 Å². The molecule has 17 heavy (non-hydrogen) atoms. The monoisotopic (exact) mass is 233 g/mol. The molecule has 2 N–H and O–H groups in total. The molecule has 2 heteroatoms. The van der Waals surface area contributed by atoms with Gasteiger partial charge < -0.3 is 10.5 Å². The molecule has 0 amide bonds. The predicted octanol–water partition coefficient (Wildman–Crippen LogP) is 2.54. The second-order valence-electron chi connectivity index (χ2n) is 5.07. The lowest BCUT2D eigenvalue weighted by molar-refractivity contribution is 0.0995. The van der Waals surface area contributed by atoms with Crippen LogP contribution in [0.3, 0.4) is 0 Å². The van der Waals surface area contributed by atoms with E-state index in [1.807, 2.05) is 0 Å². The molecular weight excluding hydrogens is 210 g/mol. The molecule has 2 rings (SSSR count). The standard InChI is InChI=1S/C15H23NO/c1-3-12-4-6-13(7-5-12)10-15(16)14-8-9-17-11(14)2/h4-7,11,14-15H,3,8-10,16H2,1-2H3. The molecule has 0 spiro atoms. The quantitative estimate of drug-likeness (QED) is 0.867. The van der Waals surface area contributed by atoms with Crippen molar-refractivity contribution in [2.24, 2.45) is 11.7 Å². The van der Waals surface area contributed by atoms with Crippen molar-refractivity contribution in [2.45, 2.75) is 45.3 Å². The van der Waals surface area contributed by atoms with Crippen LogP contribution in [-0.2, 0) is 17.6 Å². The Morgan fingerprint density at radius 1 is 1.29 bits per heavy atom. The highest BCUT2D eigenvalue weighted by Crippen LogP contribution is 2.24. The van der Waals surface area contributed by atoms with Gasteiger partial charge in [0.1, 0.15) is 0 Å². The summed E-state index contributed by atoms with van der Waals surface area (Å²) >= 11 is 0. The van der Waals surface area contributed by atoms with Gasteiger partial charge in [-0.15, -0.1) is 0 Å². The third kappa shape index (κ3) is 3.08. The first-order valence-corrected chi connectivity index (χ1v) is 6.65. The van der Waals surface area contributed by atoms with Crippen LogP contribution in [0.2, 0.25) is 0 Å². The molecule has 1 aliphatic rings. The summed E-state index contributed by atoms with van der Waals surface area (Å²) in [6.45, 7) is 5.18. The molecule has 3 unspecified atom stereocenters. The molecule has 1 saturated heterocycles. The van der Waals surface area contributed by atoms with Crippen molar-refractivity contribution in [3.05, 3.63) is 35.4 Å². The number of rotatable bonds is 4. The van der Waals surface area contributed by atoms with Crippen LogP contribution in [0, 0.1) is 5.92 Å². The number of aryl methyl sites for hydroxylation is 1. The summed E-state index contributed by atoms with van der Waals surface area (Å²) in [7, 11) is 0. The minimum Gasteiger partial charge on any atom is -0.378 e. The maximum atomic E-state index is 6.29. The zero-order valence-corrected chi connectivity index (χ0v) is 10.9. The van der Waals surface area contributed by atoms with Crippen molar-refractivity contribution in [1.82, 2.24) is 0 Å². The zero-order valence-electron chi connectivity index (χ0n) is 10.9. The molecule has 0 bridgehead atoms. The highest BCUT2D eigenvalue weighted by atomic mass is 16.5. The molecule has 0 radical (unpaired) electrons. The first-order chi connectivity index (χ1) is 8.20. The Labute approximate surface area is 104 Å². The molecule has 1 fully saturated rings. The molecular formula is C15H23NO. The molecule has 94 valence electrons. The van der Waals surface area contributed by atoms with Crippen LogP contribution in [0.1, 0.15) is 31.4 Å². The number of ether oxygens (including phenoxy) is 1. The Kier molecular flexibility index (Phi) is 4.19. The van der Waals surface area contributed by atoms with Crippen molar-refractivity contribution in [3.63, 3.8) is 0 Å². The van der Waals surface area contributed by atoms with E-state index in [1.54, 1.807) is 0 Å². The molecule has 0 aromatic heterocycles. The van der Waals surface area contributed by atoms with Gasteiger partial charge in [0.2, 0.25) is 0 Å². The average Bonchev–Trinajstić information content (AvgIpc) is 2.76. The molecule has 1 heterocycles. The predicted molar refractivity (Wildman–Crippen MR) is 71.0 cm³/mol. The van der Waals surface area contributed by atoms with E-state index in [0.29, 0.717) is 12.0 Å². The maximum Gasteiger partial charge on any atom is 0.0590 e. The van der Waals surface area contributed by atoms with Crippen LogP contribution in [0.25, 0.3) is 0 Å². The van der Waals surface area contributed by atoms with Gasteiger partial charge in [0.15, 0.2) is 0 Å². The second kappa shape index (κ2) is 5.65. The van der Waals surface area contributed by atoms with E-state index >= 15 is 0 Å². The summed E-state index contributed by atoms with van der Waals surface area (Å²) in [6, 6.07) is 9.05. The lowest BCUT2D eigenvalue weighted by Crippen LogP contribution is -2.36. The third-order valence-corrected chi connectivity index (χ3v) is 3.89. The second-order valence-corrected chi connectivity index (χ2v) is 5.07. The summed E-state index contributed by atoms with van der Waals surface area (Å²) in [4.78, 5) is 0. The topological polar surface area (TPSA) is 35.2 Å². The maximum absolute atomic E-state index is 6.29. The fraction of sp³-hybridized carbons (Fsp3) is 0.600. The highest BCUT2D eigenvalue weighted by molar-refractivity contribution is 5.23. The molecule has 0 aliphatic carbocycles. The SMILES string of the molecule is CCc1ccc(CC(N)C2CCOC2C)cc1. The van der Waals surface area contributed by atoms with Crippen LogP contribution >= 0.6 is 0 Å². The van der Waals surface area contributed by atoms with Crippen molar-refractivity contribution >= 4 is 0 Å². The summed E-state index contributed by atoms with van der Waals surface area (Å²) in [6.07, 6.45) is 3.48. The van der Waals surface area contributed by atoms with Gasteiger partial charge in [-0.25, -0.2) is 0 Å². The number of hydrogen-bond acceptors (Lipinski definition) is 2. The van der Waals surface area contributed by atoms with Gasteiger partial charge >= 0.3 is 0 Å². The van der Waals surface area contributed by atoms with Gasteiger partial charge in [-0.1, -0.05) is 31.2 Å². The van der Waals surface area contributed by atoms with Crippen molar-refractivity contribution in [3.8, 4) is 0 Å². The highest BCUT2D eigenvalue weighted by Gasteiger charge is 2.29. The minimum atomic E-state index is 0.222.